The smallest absolute Gasteiger partial charge is 0.345 e. The second-order valence-corrected chi connectivity index (χ2v) is 7.75. The second-order valence-electron chi connectivity index (χ2n) is 6.99. The van der Waals surface area contributed by atoms with E-state index in [4.69, 9.17) is 37.8 Å². The average Bonchev–Trinajstić information content (AvgIpc) is 3.30. The van der Waals surface area contributed by atoms with Crippen molar-refractivity contribution in [1.29, 1.82) is 0 Å². The van der Waals surface area contributed by atoms with Gasteiger partial charge in [0.2, 0.25) is 0 Å². The lowest BCUT2D eigenvalue weighted by Crippen LogP contribution is -2.15. The summed E-state index contributed by atoms with van der Waals surface area (Å²) in [6.07, 6.45) is 0. The van der Waals surface area contributed by atoms with Crippen LogP contribution in [-0.4, -0.2) is 28.1 Å². The van der Waals surface area contributed by atoms with Crippen molar-refractivity contribution in [2.24, 2.45) is 0 Å². The number of carbonyl (C=O) groups is 3. The van der Waals surface area contributed by atoms with Gasteiger partial charge in [-0.3, -0.25) is 0 Å². The van der Waals surface area contributed by atoms with Crippen LogP contribution < -0.4 is 19.9 Å². The van der Waals surface area contributed by atoms with Gasteiger partial charge in [0.1, 0.15) is 5.75 Å². The Balaban J connectivity index is 1.83. The lowest BCUT2D eigenvalue weighted by Gasteiger charge is -2.04. The first-order valence-electron chi connectivity index (χ1n) is 9.15. The number of aromatic hydroxyl groups is 1. The number of fused-ring (bicyclic) bond motifs is 2. The fourth-order valence-corrected chi connectivity index (χ4v) is 4.33. The summed E-state index contributed by atoms with van der Waals surface area (Å²) in [4.78, 5) is 36.5. The Morgan fingerprint density at radius 1 is 0.719 bits per heavy atom. The molecular weight excluding hydrogens is 459 g/mol. The van der Waals surface area contributed by atoms with Crippen molar-refractivity contribution >= 4 is 52.3 Å². The minimum Gasteiger partial charge on any atom is -0.508 e. The Morgan fingerprint density at radius 2 is 1.12 bits per heavy atom. The van der Waals surface area contributed by atoms with E-state index >= 15 is 0 Å². The van der Waals surface area contributed by atoms with Crippen molar-refractivity contribution < 1.29 is 34.1 Å². The maximum absolute atomic E-state index is 12.7. The van der Waals surface area contributed by atoms with Crippen molar-refractivity contribution in [1.82, 2.24) is 0 Å². The summed E-state index contributed by atoms with van der Waals surface area (Å²) in [5.41, 5.74) is 1.03. The first kappa shape index (κ1) is 20.1. The third kappa shape index (κ3) is 2.86. The average molecular weight is 469 g/mol. The van der Waals surface area contributed by atoms with Gasteiger partial charge in [-0.25, -0.2) is 14.4 Å². The molecule has 9 heteroatoms. The monoisotopic (exact) mass is 468 g/mol. The molecule has 0 fully saturated rings. The Labute approximate surface area is 189 Å². The minimum atomic E-state index is -1.11. The van der Waals surface area contributed by atoms with Gasteiger partial charge < -0.3 is 19.7 Å². The van der Waals surface area contributed by atoms with E-state index in [0.29, 0.717) is 11.1 Å². The second kappa shape index (κ2) is 7.12. The van der Waals surface area contributed by atoms with Gasteiger partial charge in [-0.2, -0.15) is 0 Å². The highest BCUT2D eigenvalue weighted by atomic mass is 35.5. The maximum atomic E-state index is 12.7. The van der Waals surface area contributed by atoms with Crippen LogP contribution in [0.5, 0.6) is 17.2 Å². The lowest BCUT2D eigenvalue weighted by molar-refractivity contribution is -0.128. The summed E-state index contributed by atoms with van der Waals surface area (Å²) in [7, 11) is 0. The van der Waals surface area contributed by atoms with E-state index in [-0.39, 0.29) is 54.4 Å². The number of esters is 2. The maximum Gasteiger partial charge on any atom is 0.345 e. The molecule has 2 N–H and O–H groups in total. The SMILES string of the molecule is O=C1Oc2c(Cl)c3c(c(Cl)c2=C1c1ccc(O)cc1)OC(=O)C=3c1ccc(C(=O)O)cc1. The minimum absolute atomic E-state index is 0.0125. The van der Waals surface area contributed by atoms with Crippen LogP contribution in [0.15, 0.2) is 48.5 Å². The number of aromatic carboxylic acids is 1. The van der Waals surface area contributed by atoms with Crippen molar-refractivity contribution in [2.45, 2.75) is 0 Å². The number of ether oxygens (including phenoxy) is 2. The third-order valence-corrected chi connectivity index (χ3v) is 5.89. The molecule has 3 aromatic rings. The predicted octanol–water partition coefficient (Wildman–Crippen LogP) is 2.63. The Bertz CT molecular complexity index is 1490. The van der Waals surface area contributed by atoms with Gasteiger partial charge in [-0.1, -0.05) is 47.5 Å². The largest absolute Gasteiger partial charge is 0.508 e. The van der Waals surface area contributed by atoms with Gasteiger partial charge in [0, 0.05) is 0 Å². The van der Waals surface area contributed by atoms with Crippen LogP contribution in [0.2, 0.25) is 10.0 Å². The zero-order valence-electron chi connectivity index (χ0n) is 15.8. The number of carboxylic acids is 1. The summed E-state index contributed by atoms with van der Waals surface area (Å²) >= 11 is 13.1. The molecule has 0 bridgehead atoms. The van der Waals surface area contributed by atoms with Crippen LogP contribution in [0.3, 0.4) is 0 Å². The molecule has 2 heterocycles. The number of halogens is 2. The number of carboxylic acid groups (broad SMARTS) is 1. The molecule has 0 unspecified atom stereocenters. The number of carbonyl (C=O) groups excluding carboxylic acids is 2. The first-order valence-corrected chi connectivity index (χ1v) is 9.90. The highest BCUT2D eigenvalue weighted by molar-refractivity contribution is 6.39. The van der Waals surface area contributed by atoms with Crippen LogP contribution in [0.1, 0.15) is 21.5 Å². The Morgan fingerprint density at radius 3 is 1.53 bits per heavy atom. The van der Waals surface area contributed by atoms with E-state index in [1.807, 2.05) is 0 Å². The predicted molar refractivity (Wildman–Crippen MR) is 114 cm³/mol. The number of phenols is 1. The van der Waals surface area contributed by atoms with E-state index in [1.54, 1.807) is 0 Å². The van der Waals surface area contributed by atoms with Crippen molar-refractivity contribution in [3.05, 3.63) is 85.7 Å². The molecule has 5 rings (SSSR count). The van der Waals surface area contributed by atoms with Crippen LogP contribution in [0, 0.1) is 0 Å². The summed E-state index contributed by atoms with van der Waals surface area (Å²) in [5, 5.41) is 18.9. The summed E-state index contributed by atoms with van der Waals surface area (Å²) in [6, 6.07) is 11.4. The first-order chi connectivity index (χ1) is 15.3. The Kier molecular flexibility index (Phi) is 4.47. The number of hydrogen-bond donors (Lipinski definition) is 2. The molecule has 2 aliphatic rings. The van der Waals surface area contributed by atoms with Gasteiger partial charge in [0.25, 0.3) is 0 Å². The molecule has 32 heavy (non-hydrogen) atoms. The molecule has 3 aromatic carbocycles. The van der Waals surface area contributed by atoms with E-state index in [2.05, 4.69) is 0 Å². The molecule has 0 spiro atoms. The van der Waals surface area contributed by atoms with E-state index in [0.717, 1.165) is 0 Å². The molecular formula is C23H10Cl2O7. The van der Waals surface area contributed by atoms with E-state index < -0.39 is 17.9 Å². The third-order valence-electron chi connectivity index (χ3n) is 5.17. The van der Waals surface area contributed by atoms with Gasteiger partial charge in [-0.05, 0) is 35.4 Å². The molecule has 2 aliphatic heterocycles. The fourth-order valence-electron chi connectivity index (χ4n) is 3.71. The standard InChI is InChI=1S/C23H10Cl2O7/c24-17-15-13(9-1-3-11(4-2-9)21(27)28)22(29)31-19(15)18(25)16-14(23(30)32-20(16)17)10-5-7-12(26)8-6-10/h1-8,26H,(H,27,28). The topological polar surface area (TPSA) is 110 Å². The highest BCUT2D eigenvalue weighted by Gasteiger charge is 2.36. The van der Waals surface area contributed by atoms with Crippen molar-refractivity contribution in [2.75, 3.05) is 0 Å². The molecule has 0 atom stereocenters. The van der Waals surface area contributed by atoms with Gasteiger partial charge in [0.15, 0.2) is 11.5 Å². The molecule has 0 radical (unpaired) electrons. The van der Waals surface area contributed by atoms with Gasteiger partial charge in [-0.15, -0.1) is 0 Å². The number of rotatable bonds is 3. The summed E-state index contributed by atoms with van der Waals surface area (Å²) in [5.74, 6) is -2.56. The zero-order valence-corrected chi connectivity index (χ0v) is 17.3. The van der Waals surface area contributed by atoms with Crippen LogP contribution in [-0.2, 0) is 9.59 Å². The van der Waals surface area contributed by atoms with E-state index in [1.165, 1.54) is 48.5 Å². The molecule has 0 aromatic heterocycles. The quantitative estimate of drug-likeness (QED) is 0.448. The van der Waals surface area contributed by atoms with Crippen LogP contribution in [0.25, 0.3) is 11.1 Å². The number of benzene rings is 3. The number of phenolic OH excluding ortho intramolecular Hbond substituents is 1. The van der Waals surface area contributed by atoms with Gasteiger partial charge in [0.05, 0.1) is 37.2 Å². The van der Waals surface area contributed by atoms with Crippen LogP contribution in [0.4, 0.5) is 0 Å². The molecule has 0 amide bonds. The zero-order chi connectivity index (χ0) is 22.7. The normalized spacial score (nSPS) is 14.2. The summed E-state index contributed by atoms with van der Waals surface area (Å²) < 4.78 is 10.8. The summed E-state index contributed by atoms with van der Waals surface area (Å²) in [6.45, 7) is 0. The fraction of sp³-hybridized carbons (Fsp3) is 0. The number of hydrogen-bond acceptors (Lipinski definition) is 6. The molecule has 7 nitrogen and oxygen atoms in total. The Hall–Kier alpha value is -3.81. The highest BCUT2D eigenvalue weighted by Crippen LogP contribution is 2.37. The van der Waals surface area contributed by atoms with Gasteiger partial charge >= 0.3 is 17.9 Å². The lowest BCUT2D eigenvalue weighted by atomic mass is 10.0. The molecule has 158 valence electrons. The molecule has 0 aliphatic carbocycles. The van der Waals surface area contributed by atoms with E-state index in [9.17, 15) is 19.5 Å². The van der Waals surface area contributed by atoms with Crippen molar-refractivity contribution in [3.63, 3.8) is 0 Å². The molecule has 0 saturated heterocycles. The molecule has 0 saturated carbocycles. The van der Waals surface area contributed by atoms with Crippen molar-refractivity contribution in [3.8, 4) is 17.2 Å². The van der Waals surface area contributed by atoms with Crippen LogP contribution >= 0.6 is 23.2 Å².